The summed E-state index contributed by atoms with van der Waals surface area (Å²) >= 11 is 3.21. The Morgan fingerprint density at radius 2 is 2.31 bits per heavy atom. The third kappa shape index (κ3) is 1.25. The fraction of sp³-hybridized carbons (Fsp3) is 0.125. The van der Waals surface area contributed by atoms with E-state index in [1.54, 1.807) is 12.1 Å². The van der Waals surface area contributed by atoms with Gasteiger partial charge < -0.3 is 4.52 Å². The molecule has 1 heterocycles. The highest BCUT2D eigenvalue weighted by Crippen LogP contribution is 2.31. The number of benzene rings is 1. The van der Waals surface area contributed by atoms with Gasteiger partial charge in [0.15, 0.2) is 5.58 Å². The van der Waals surface area contributed by atoms with E-state index >= 15 is 0 Å². The molecular formula is C8H5BrN2O2. The third-order valence-electron chi connectivity index (χ3n) is 1.82. The van der Waals surface area contributed by atoms with Gasteiger partial charge in [0.1, 0.15) is 5.69 Å². The van der Waals surface area contributed by atoms with Gasteiger partial charge in [-0.1, -0.05) is 5.16 Å². The minimum absolute atomic E-state index is 0.360. The molecule has 0 saturated carbocycles. The molecule has 0 unspecified atom stereocenters. The monoisotopic (exact) mass is 240 g/mol. The molecule has 0 amide bonds. The molecule has 0 spiro atoms. The number of hydrogen-bond donors (Lipinski definition) is 0. The summed E-state index contributed by atoms with van der Waals surface area (Å²) < 4.78 is 5.62. The molecule has 66 valence electrons. The van der Waals surface area contributed by atoms with Crippen LogP contribution in [0.5, 0.6) is 0 Å². The van der Waals surface area contributed by atoms with E-state index in [9.17, 15) is 4.91 Å². The lowest BCUT2D eigenvalue weighted by Gasteiger charge is -1.93. The Bertz CT molecular complexity index is 478. The summed E-state index contributed by atoms with van der Waals surface area (Å²) in [6, 6.07) is 3.34. The first-order chi connectivity index (χ1) is 6.22. The number of aromatic nitrogens is 1. The fourth-order valence-corrected chi connectivity index (χ4v) is 1.53. The Morgan fingerprint density at radius 1 is 1.54 bits per heavy atom. The Hall–Kier alpha value is -1.23. The van der Waals surface area contributed by atoms with Crippen LogP contribution in [0.3, 0.4) is 0 Å². The second-order valence-electron chi connectivity index (χ2n) is 2.66. The molecule has 0 aliphatic heterocycles. The smallest absolute Gasteiger partial charge is 0.168 e. The van der Waals surface area contributed by atoms with Gasteiger partial charge in [0, 0.05) is 11.5 Å². The summed E-state index contributed by atoms with van der Waals surface area (Å²) in [4.78, 5) is 10.4. The van der Waals surface area contributed by atoms with E-state index in [1.807, 2.05) is 6.92 Å². The van der Waals surface area contributed by atoms with Crippen LogP contribution in [0.15, 0.2) is 26.3 Å². The zero-order valence-electron chi connectivity index (χ0n) is 6.74. The standard InChI is InChI=1S/C8H5BrN2O2/c1-4-5-2-7(10-12)6(9)3-8(5)13-11-4/h2-3H,1H3. The maximum absolute atomic E-state index is 10.4. The number of nitroso groups, excluding NO2 is 1. The van der Waals surface area contributed by atoms with Crippen molar-refractivity contribution < 1.29 is 4.52 Å². The van der Waals surface area contributed by atoms with E-state index in [0.717, 1.165) is 11.1 Å². The van der Waals surface area contributed by atoms with Crippen LogP contribution in [0.2, 0.25) is 0 Å². The molecule has 0 saturated heterocycles. The largest absolute Gasteiger partial charge is 0.356 e. The number of aryl methyl sites for hydroxylation is 1. The summed E-state index contributed by atoms with van der Waals surface area (Å²) in [5.41, 5.74) is 1.77. The minimum Gasteiger partial charge on any atom is -0.356 e. The van der Waals surface area contributed by atoms with Crippen molar-refractivity contribution >= 4 is 32.6 Å². The van der Waals surface area contributed by atoms with Crippen LogP contribution >= 0.6 is 15.9 Å². The Balaban J connectivity index is 2.84. The van der Waals surface area contributed by atoms with Gasteiger partial charge in [0.25, 0.3) is 0 Å². The predicted molar refractivity (Wildman–Crippen MR) is 51.9 cm³/mol. The van der Waals surface area contributed by atoms with Gasteiger partial charge in [0.2, 0.25) is 0 Å². The SMILES string of the molecule is Cc1noc2cc(Br)c(N=O)cc12. The fourth-order valence-electron chi connectivity index (χ4n) is 1.14. The highest BCUT2D eigenvalue weighted by molar-refractivity contribution is 9.10. The van der Waals surface area contributed by atoms with Gasteiger partial charge >= 0.3 is 0 Å². The van der Waals surface area contributed by atoms with Gasteiger partial charge in [-0.25, -0.2) is 0 Å². The molecule has 0 radical (unpaired) electrons. The zero-order valence-corrected chi connectivity index (χ0v) is 8.33. The van der Waals surface area contributed by atoms with Crippen molar-refractivity contribution in [2.45, 2.75) is 6.92 Å². The van der Waals surface area contributed by atoms with Gasteiger partial charge in [-0.2, -0.15) is 0 Å². The number of halogens is 1. The van der Waals surface area contributed by atoms with E-state index < -0.39 is 0 Å². The second kappa shape index (κ2) is 2.92. The molecule has 1 aromatic heterocycles. The molecular weight excluding hydrogens is 236 g/mol. The molecule has 0 atom stereocenters. The molecule has 2 rings (SSSR count). The van der Waals surface area contributed by atoms with Crippen LogP contribution in [0.1, 0.15) is 5.69 Å². The van der Waals surface area contributed by atoms with Gasteiger partial charge in [-0.05, 0) is 34.1 Å². The molecule has 1 aromatic carbocycles. The number of fused-ring (bicyclic) bond motifs is 1. The number of rotatable bonds is 1. The Labute approximate surface area is 82.0 Å². The topological polar surface area (TPSA) is 55.5 Å². The lowest BCUT2D eigenvalue weighted by Crippen LogP contribution is -1.71. The van der Waals surface area contributed by atoms with Crippen molar-refractivity contribution in [3.63, 3.8) is 0 Å². The highest BCUT2D eigenvalue weighted by Gasteiger charge is 2.08. The molecule has 0 bridgehead atoms. The molecule has 4 nitrogen and oxygen atoms in total. The van der Waals surface area contributed by atoms with Crippen molar-refractivity contribution in [2.24, 2.45) is 5.18 Å². The average Bonchev–Trinajstić information content (AvgIpc) is 2.46. The first kappa shape index (κ1) is 8.37. The summed E-state index contributed by atoms with van der Waals surface area (Å²) in [5, 5.41) is 7.46. The lowest BCUT2D eigenvalue weighted by atomic mass is 10.2. The molecule has 2 aromatic rings. The summed E-state index contributed by atoms with van der Waals surface area (Å²) in [6.07, 6.45) is 0. The van der Waals surface area contributed by atoms with Crippen LogP contribution in [0.25, 0.3) is 11.0 Å². The van der Waals surface area contributed by atoms with Crippen molar-refractivity contribution in [2.75, 3.05) is 0 Å². The van der Waals surface area contributed by atoms with Crippen molar-refractivity contribution in [3.8, 4) is 0 Å². The first-order valence-electron chi connectivity index (χ1n) is 3.61. The van der Waals surface area contributed by atoms with E-state index in [0.29, 0.717) is 15.7 Å². The van der Waals surface area contributed by atoms with Crippen molar-refractivity contribution in [1.82, 2.24) is 5.16 Å². The molecule has 0 N–H and O–H groups in total. The average molecular weight is 241 g/mol. The Morgan fingerprint density at radius 3 is 3.00 bits per heavy atom. The minimum atomic E-state index is 0.360. The molecule has 0 fully saturated rings. The summed E-state index contributed by atoms with van der Waals surface area (Å²) in [6.45, 7) is 1.81. The highest BCUT2D eigenvalue weighted by atomic mass is 79.9. The number of hydrogen-bond acceptors (Lipinski definition) is 4. The molecule has 13 heavy (non-hydrogen) atoms. The van der Waals surface area contributed by atoms with Crippen LogP contribution < -0.4 is 0 Å². The van der Waals surface area contributed by atoms with Crippen LogP contribution in [0, 0.1) is 11.8 Å². The summed E-state index contributed by atoms with van der Waals surface area (Å²) in [7, 11) is 0. The maximum atomic E-state index is 10.4. The van der Waals surface area contributed by atoms with Gasteiger partial charge in [-0.3, -0.25) is 0 Å². The van der Waals surface area contributed by atoms with Gasteiger partial charge in [0.05, 0.1) is 10.2 Å². The predicted octanol–water partition coefficient (Wildman–Crippen LogP) is 3.30. The van der Waals surface area contributed by atoms with E-state index in [4.69, 9.17) is 4.52 Å². The van der Waals surface area contributed by atoms with Crippen LogP contribution in [0.4, 0.5) is 5.69 Å². The molecule has 0 aliphatic carbocycles. The third-order valence-corrected chi connectivity index (χ3v) is 2.45. The maximum Gasteiger partial charge on any atom is 0.168 e. The van der Waals surface area contributed by atoms with Gasteiger partial charge in [-0.15, -0.1) is 4.91 Å². The molecule has 0 aliphatic rings. The van der Waals surface area contributed by atoms with E-state index in [2.05, 4.69) is 26.3 Å². The quantitative estimate of drug-likeness (QED) is 0.719. The lowest BCUT2D eigenvalue weighted by molar-refractivity contribution is 0.450. The van der Waals surface area contributed by atoms with Crippen LogP contribution in [-0.2, 0) is 0 Å². The van der Waals surface area contributed by atoms with Crippen molar-refractivity contribution in [1.29, 1.82) is 0 Å². The molecule has 5 heteroatoms. The summed E-state index contributed by atoms with van der Waals surface area (Å²) in [5.74, 6) is 0. The van der Waals surface area contributed by atoms with E-state index in [1.165, 1.54) is 0 Å². The van der Waals surface area contributed by atoms with Crippen molar-refractivity contribution in [3.05, 3.63) is 27.2 Å². The first-order valence-corrected chi connectivity index (χ1v) is 4.40. The number of nitrogens with zero attached hydrogens (tertiary/aromatic N) is 2. The second-order valence-corrected chi connectivity index (χ2v) is 3.51. The van der Waals surface area contributed by atoms with E-state index in [-0.39, 0.29) is 0 Å². The van der Waals surface area contributed by atoms with Crippen LogP contribution in [-0.4, -0.2) is 5.16 Å². The normalized spacial score (nSPS) is 10.6. The zero-order chi connectivity index (χ0) is 9.42. The Kier molecular flexibility index (Phi) is 1.88.